The van der Waals surface area contributed by atoms with Crippen molar-refractivity contribution in [3.05, 3.63) is 0 Å². The normalized spacial score (nSPS) is 11.1. The van der Waals surface area contributed by atoms with Gasteiger partial charge in [-0.05, 0) is 25.7 Å². The maximum absolute atomic E-state index is 5.49. The van der Waals surface area contributed by atoms with E-state index < -0.39 is 0 Å². The highest BCUT2D eigenvalue weighted by atomic mass is 17.5. The maximum atomic E-state index is 5.49. The van der Waals surface area contributed by atoms with E-state index >= 15 is 0 Å². The summed E-state index contributed by atoms with van der Waals surface area (Å²) in [6.45, 7) is 7.35. The first-order valence-corrected chi connectivity index (χ1v) is 7.90. The van der Waals surface area contributed by atoms with Gasteiger partial charge in [0.2, 0.25) is 0 Å². The van der Waals surface area contributed by atoms with Crippen LogP contribution in [0, 0.1) is 0 Å². The van der Waals surface area contributed by atoms with Gasteiger partial charge in [-0.1, -0.05) is 51.0 Å². The van der Waals surface area contributed by atoms with E-state index in [1.165, 1.54) is 32.1 Å². The highest BCUT2D eigenvalue weighted by molar-refractivity contribution is 4.42. The van der Waals surface area contributed by atoms with Crippen molar-refractivity contribution in [3.8, 4) is 0 Å². The molecule has 0 amide bonds. The smallest absolute Gasteiger partial charge is 0.0853 e. The molecule has 0 aromatic carbocycles. The Morgan fingerprint density at radius 1 is 0.526 bits per heavy atom. The Kier molecular flexibility index (Phi) is 17.7. The summed E-state index contributed by atoms with van der Waals surface area (Å²) in [5, 5.41) is 4.63. The lowest BCUT2D eigenvalue weighted by molar-refractivity contribution is -0.512. The van der Waals surface area contributed by atoms with Gasteiger partial charge in [0.15, 0.2) is 0 Å². The van der Waals surface area contributed by atoms with Crippen LogP contribution in [0.4, 0.5) is 0 Å². The second kappa shape index (κ2) is 17.8. The molecule has 4 heteroatoms. The van der Waals surface area contributed by atoms with Gasteiger partial charge in [-0.3, -0.25) is 0 Å². The van der Waals surface area contributed by atoms with Gasteiger partial charge < -0.3 is 4.74 Å². The van der Waals surface area contributed by atoms with Crippen LogP contribution < -0.4 is 0 Å². The molecular formula is C15H32O4. The Morgan fingerprint density at radius 2 is 1.05 bits per heavy atom. The zero-order valence-corrected chi connectivity index (χ0v) is 12.8. The molecule has 0 heterocycles. The fourth-order valence-corrected chi connectivity index (χ4v) is 1.58. The van der Waals surface area contributed by atoms with Crippen LogP contribution in [0.2, 0.25) is 0 Å². The molecule has 0 N–H and O–H groups in total. The highest BCUT2D eigenvalue weighted by Crippen LogP contribution is 2.02. The third kappa shape index (κ3) is 17.8. The van der Waals surface area contributed by atoms with Crippen molar-refractivity contribution < 1.29 is 19.6 Å². The summed E-state index contributed by atoms with van der Waals surface area (Å²) in [6, 6.07) is 0. The van der Waals surface area contributed by atoms with Crippen LogP contribution in [0.25, 0.3) is 0 Å². The lowest BCUT2D eigenvalue weighted by Gasteiger charge is -2.04. The minimum Gasteiger partial charge on any atom is -0.381 e. The largest absolute Gasteiger partial charge is 0.381 e. The topological polar surface area (TPSA) is 36.9 Å². The number of rotatable bonds is 16. The molecule has 0 aromatic heterocycles. The molecule has 0 aliphatic heterocycles. The average molecular weight is 276 g/mol. The standard InChI is InChI=1S/C15H32O4/c1-3-5-9-14-17-19-18-15-11-8-7-10-13-16-12-6-4-2/h3-15H2,1-2H3. The SMILES string of the molecule is CCCCCOOOCCCCCCOCCCC. The molecule has 0 aliphatic carbocycles. The summed E-state index contributed by atoms with van der Waals surface area (Å²) in [7, 11) is 0. The van der Waals surface area contributed by atoms with Crippen LogP contribution in [0.5, 0.6) is 0 Å². The fraction of sp³-hybridized carbons (Fsp3) is 1.00. The van der Waals surface area contributed by atoms with E-state index in [-0.39, 0.29) is 0 Å². The molecule has 0 aliphatic rings. The molecule has 19 heavy (non-hydrogen) atoms. The van der Waals surface area contributed by atoms with Crippen molar-refractivity contribution in [2.45, 2.75) is 71.6 Å². The maximum Gasteiger partial charge on any atom is 0.0853 e. The molecule has 0 rings (SSSR count). The van der Waals surface area contributed by atoms with E-state index in [2.05, 4.69) is 18.9 Å². The summed E-state index contributed by atoms with van der Waals surface area (Å²) in [5.41, 5.74) is 0. The lowest BCUT2D eigenvalue weighted by atomic mass is 10.2. The number of unbranched alkanes of at least 4 members (excludes halogenated alkanes) is 6. The summed E-state index contributed by atoms with van der Waals surface area (Å²) in [5.74, 6) is 0. The highest BCUT2D eigenvalue weighted by Gasteiger charge is 1.94. The fourth-order valence-electron chi connectivity index (χ4n) is 1.58. The molecule has 0 radical (unpaired) electrons. The van der Waals surface area contributed by atoms with Crippen LogP contribution in [0.15, 0.2) is 0 Å². The predicted molar refractivity (Wildman–Crippen MR) is 76.7 cm³/mol. The van der Waals surface area contributed by atoms with Crippen molar-refractivity contribution in [1.29, 1.82) is 0 Å². The average Bonchev–Trinajstić information content (AvgIpc) is 2.43. The molecule has 0 aromatic rings. The zero-order chi connectivity index (χ0) is 14.0. The summed E-state index contributed by atoms with van der Waals surface area (Å²) in [6.07, 6.45) is 10.2. The minimum absolute atomic E-state index is 0.602. The van der Waals surface area contributed by atoms with Crippen molar-refractivity contribution in [2.75, 3.05) is 26.4 Å². The molecule has 4 nitrogen and oxygen atoms in total. The Bertz CT molecular complexity index is 137. The molecule has 0 saturated carbocycles. The Labute approximate surface area is 118 Å². The number of ether oxygens (including phenoxy) is 1. The van der Waals surface area contributed by atoms with Gasteiger partial charge in [0.05, 0.1) is 13.2 Å². The van der Waals surface area contributed by atoms with Crippen molar-refractivity contribution in [2.24, 2.45) is 0 Å². The van der Waals surface area contributed by atoms with Crippen LogP contribution in [-0.4, -0.2) is 26.4 Å². The van der Waals surface area contributed by atoms with E-state index in [1.54, 1.807) is 0 Å². The van der Waals surface area contributed by atoms with Crippen LogP contribution in [0.1, 0.15) is 71.6 Å². The zero-order valence-electron chi connectivity index (χ0n) is 12.8. The Morgan fingerprint density at radius 3 is 1.68 bits per heavy atom. The molecule has 0 atom stereocenters. The summed E-state index contributed by atoms with van der Waals surface area (Å²) >= 11 is 0. The second-order valence-corrected chi connectivity index (χ2v) is 4.80. The Balaban J connectivity index is 2.88. The van der Waals surface area contributed by atoms with Crippen molar-refractivity contribution >= 4 is 0 Å². The first-order chi connectivity index (χ1) is 9.41. The third-order valence-corrected chi connectivity index (χ3v) is 2.84. The van der Waals surface area contributed by atoms with Crippen molar-refractivity contribution in [1.82, 2.24) is 0 Å². The molecule has 0 bridgehead atoms. The van der Waals surface area contributed by atoms with Gasteiger partial charge in [0, 0.05) is 13.2 Å². The van der Waals surface area contributed by atoms with Crippen LogP contribution in [-0.2, 0) is 19.6 Å². The minimum atomic E-state index is 0.602. The molecular weight excluding hydrogens is 244 g/mol. The monoisotopic (exact) mass is 276 g/mol. The van der Waals surface area contributed by atoms with Crippen LogP contribution in [0.3, 0.4) is 0 Å². The van der Waals surface area contributed by atoms with E-state index in [0.29, 0.717) is 13.2 Å². The third-order valence-electron chi connectivity index (χ3n) is 2.84. The molecule has 116 valence electrons. The molecule has 0 spiro atoms. The molecule has 0 unspecified atom stereocenters. The van der Waals surface area contributed by atoms with E-state index in [0.717, 1.165) is 38.9 Å². The van der Waals surface area contributed by atoms with Gasteiger partial charge in [-0.15, -0.1) is 0 Å². The van der Waals surface area contributed by atoms with Gasteiger partial charge in [-0.25, -0.2) is 9.78 Å². The van der Waals surface area contributed by atoms with E-state index in [4.69, 9.17) is 14.5 Å². The number of hydrogen-bond acceptors (Lipinski definition) is 4. The number of hydrogen-bond donors (Lipinski definition) is 0. The summed E-state index contributed by atoms with van der Waals surface area (Å²) in [4.78, 5) is 9.80. The van der Waals surface area contributed by atoms with E-state index in [9.17, 15) is 0 Å². The molecule has 0 saturated heterocycles. The predicted octanol–water partition coefficient (Wildman–Crippen LogP) is 4.43. The van der Waals surface area contributed by atoms with Gasteiger partial charge in [0.25, 0.3) is 0 Å². The van der Waals surface area contributed by atoms with Gasteiger partial charge >= 0.3 is 0 Å². The van der Waals surface area contributed by atoms with Crippen molar-refractivity contribution in [3.63, 3.8) is 0 Å². The first-order valence-electron chi connectivity index (χ1n) is 7.90. The lowest BCUT2D eigenvalue weighted by Crippen LogP contribution is -2.01. The van der Waals surface area contributed by atoms with Gasteiger partial charge in [0.1, 0.15) is 0 Å². The van der Waals surface area contributed by atoms with Crippen LogP contribution >= 0.6 is 0 Å². The van der Waals surface area contributed by atoms with Gasteiger partial charge in [-0.2, -0.15) is 0 Å². The quantitative estimate of drug-likeness (QED) is 0.237. The second-order valence-electron chi connectivity index (χ2n) is 4.80. The Hall–Kier alpha value is -0.160. The van der Waals surface area contributed by atoms with E-state index in [1.807, 2.05) is 0 Å². The summed E-state index contributed by atoms with van der Waals surface area (Å²) < 4.78 is 5.49. The first kappa shape index (κ1) is 18.8. The molecule has 0 fully saturated rings.